The van der Waals surface area contributed by atoms with Crippen LogP contribution in [0.2, 0.25) is 0 Å². The van der Waals surface area contributed by atoms with Gasteiger partial charge in [0, 0.05) is 30.5 Å². The first-order chi connectivity index (χ1) is 23.0. The van der Waals surface area contributed by atoms with Gasteiger partial charge in [0.2, 0.25) is 0 Å². The van der Waals surface area contributed by atoms with Crippen LogP contribution < -0.4 is 18.9 Å². The summed E-state index contributed by atoms with van der Waals surface area (Å²) in [7, 11) is 0. The van der Waals surface area contributed by atoms with Gasteiger partial charge in [-0.15, -0.1) is 0 Å². The molecule has 47 heavy (non-hydrogen) atoms. The lowest BCUT2D eigenvalue weighted by Crippen LogP contribution is -2.18. The predicted molar refractivity (Wildman–Crippen MR) is 191 cm³/mol. The average molecular weight is 651 g/mol. The zero-order chi connectivity index (χ0) is 33.5. The van der Waals surface area contributed by atoms with Crippen LogP contribution in [0.3, 0.4) is 0 Å². The summed E-state index contributed by atoms with van der Waals surface area (Å²) in [6.45, 7) is 6.95. The number of benzene rings is 2. The fraction of sp³-hybridized carbons (Fsp3) is 0.659. The minimum absolute atomic E-state index is 0.201. The molecule has 262 valence electrons. The molecule has 1 aliphatic rings. The Kier molecular flexibility index (Phi) is 19.1. The summed E-state index contributed by atoms with van der Waals surface area (Å²) in [6, 6.07) is 11.3. The quantitative estimate of drug-likeness (QED) is 0.0605. The lowest BCUT2D eigenvalue weighted by atomic mass is 9.96. The number of rotatable bonds is 25. The minimum atomic E-state index is -0.290. The summed E-state index contributed by atoms with van der Waals surface area (Å²) in [4.78, 5) is 25.5. The number of esters is 2. The number of ether oxygens (including phenoxy) is 4. The van der Waals surface area contributed by atoms with E-state index < -0.39 is 0 Å². The van der Waals surface area contributed by atoms with Gasteiger partial charge in [-0.3, -0.25) is 9.59 Å². The normalized spacial score (nSPS) is 13.9. The van der Waals surface area contributed by atoms with Crippen molar-refractivity contribution >= 4 is 11.9 Å². The molecular formula is C41H62O6. The predicted octanol–water partition coefficient (Wildman–Crippen LogP) is 11.8. The van der Waals surface area contributed by atoms with Gasteiger partial charge in [0.25, 0.3) is 0 Å². The van der Waals surface area contributed by atoms with E-state index in [1.54, 1.807) is 6.07 Å². The average Bonchev–Trinajstić information content (AvgIpc) is 3.07. The third kappa shape index (κ3) is 15.2. The Labute approximate surface area is 285 Å². The topological polar surface area (TPSA) is 71.1 Å². The van der Waals surface area contributed by atoms with Crippen molar-refractivity contribution < 1.29 is 28.5 Å². The van der Waals surface area contributed by atoms with Crippen molar-refractivity contribution in [2.45, 2.75) is 168 Å². The van der Waals surface area contributed by atoms with Crippen LogP contribution in [0, 0.1) is 0 Å². The van der Waals surface area contributed by atoms with Gasteiger partial charge >= 0.3 is 11.9 Å². The van der Waals surface area contributed by atoms with Crippen molar-refractivity contribution in [3.8, 4) is 23.0 Å². The lowest BCUT2D eigenvalue weighted by Gasteiger charge is -2.28. The van der Waals surface area contributed by atoms with Crippen molar-refractivity contribution in [3.05, 3.63) is 47.5 Å². The molecule has 0 saturated carbocycles. The maximum absolute atomic E-state index is 12.9. The molecule has 1 unspecified atom stereocenters. The zero-order valence-electron chi connectivity index (χ0n) is 29.8. The smallest absolute Gasteiger partial charge is 0.311 e. The van der Waals surface area contributed by atoms with Crippen LogP contribution in [0.15, 0.2) is 36.4 Å². The van der Waals surface area contributed by atoms with Crippen molar-refractivity contribution in [1.29, 1.82) is 0 Å². The number of carbonyl (C=O) groups excluding carboxylic acids is 2. The molecule has 0 fully saturated rings. The molecule has 0 N–H and O–H groups in total. The van der Waals surface area contributed by atoms with E-state index in [0.717, 1.165) is 56.1 Å². The van der Waals surface area contributed by atoms with Crippen LogP contribution in [0.4, 0.5) is 0 Å². The highest BCUT2D eigenvalue weighted by atomic mass is 16.5. The second-order valence-electron chi connectivity index (χ2n) is 13.2. The Morgan fingerprint density at radius 3 is 1.74 bits per heavy atom. The van der Waals surface area contributed by atoms with E-state index >= 15 is 0 Å². The second-order valence-corrected chi connectivity index (χ2v) is 13.2. The summed E-state index contributed by atoms with van der Waals surface area (Å²) in [5.74, 6) is 1.95. The minimum Gasteiger partial charge on any atom is -0.494 e. The first-order valence-corrected chi connectivity index (χ1v) is 19.0. The van der Waals surface area contributed by atoms with Gasteiger partial charge in [-0.2, -0.15) is 0 Å². The highest BCUT2D eigenvalue weighted by molar-refractivity contribution is 5.73. The van der Waals surface area contributed by atoms with Crippen molar-refractivity contribution in [1.82, 2.24) is 0 Å². The SMILES string of the molecule is CCCCCCCCCCCC(=O)Oc1ccc2c(c1)OC(c1ccc(OCC)cc1OC(=O)CCCCCCCCCCC)CC2. The van der Waals surface area contributed by atoms with Crippen molar-refractivity contribution in [3.63, 3.8) is 0 Å². The molecule has 2 aromatic carbocycles. The molecule has 6 heteroatoms. The van der Waals surface area contributed by atoms with Gasteiger partial charge in [0.15, 0.2) is 0 Å². The fourth-order valence-corrected chi connectivity index (χ4v) is 6.27. The zero-order valence-corrected chi connectivity index (χ0v) is 29.8. The van der Waals surface area contributed by atoms with E-state index in [0.29, 0.717) is 42.4 Å². The number of carbonyl (C=O) groups is 2. The van der Waals surface area contributed by atoms with Crippen molar-refractivity contribution in [2.75, 3.05) is 6.61 Å². The second kappa shape index (κ2) is 23.3. The molecule has 6 nitrogen and oxygen atoms in total. The maximum Gasteiger partial charge on any atom is 0.311 e. The summed E-state index contributed by atoms with van der Waals surface area (Å²) in [5, 5.41) is 0. The van der Waals surface area contributed by atoms with Crippen LogP contribution in [-0.2, 0) is 16.0 Å². The van der Waals surface area contributed by atoms with E-state index in [4.69, 9.17) is 18.9 Å². The van der Waals surface area contributed by atoms with Crippen LogP contribution in [0.25, 0.3) is 0 Å². The van der Waals surface area contributed by atoms with E-state index in [1.165, 1.54) is 83.5 Å². The first kappa shape index (κ1) is 38.4. The Hall–Kier alpha value is -3.02. The lowest BCUT2D eigenvalue weighted by molar-refractivity contribution is -0.135. The third-order valence-corrected chi connectivity index (χ3v) is 9.05. The Balaban J connectivity index is 1.49. The molecule has 3 rings (SSSR count). The Bertz CT molecular complexity index is 1170. The summed E-state index contributed by atoms with van der Waals surface area (Å²) < 4.78 is 23.8. The highest BCUT2D eigenvalue weighted by Gasteiger charge is 2.26. The molecule has 1 atom stereocenters. The van der Waals surface area contributed by atoms with Gasteiger partial charge in [0.1, 0.15) is 29.1 Å². The standard InChI is InChI=1S/C41H62O6/c1-4-7-9-11-13-15-17-19-21-23-40(42)45-35-27-25-33-26-30-37(46-38(33)32-35)36-29-28-34(44-6-3)31-39(36)47-41(43)24-22-20-18-16-14-12-10-8-5-2/h25,27-29,31-32,37H,4-24,26,30H2,1-3H3. The van der Waals surface area contributed by atoms with Gasteiger partial charge in [-0.1, -0.05) is 123 Å². The molecule has 0 radical (unpaired) electrons. The first-order valence-electron chi connectivity index (χ1n) is 19.0. The van der Waals surface area contributed by atoms with E-state index in [9.17, 15) is 9.59 Å². The van der Waals surface area contributed by atoms with Crippen LogP contribution in [-0.4, -0.2) is 18.5 Å². The molecule has 1 heterocycles. The molecule has 0 aliphatic carbocycles. The van der Waals surface area contributed by atoms with E-state index in [1.807, 2.05) is 37.3 Å². The maximum atomic E-state index is 12.9. The number of hydrogen-bond donors (Lipinski definition) is 0. The Morgan fingerprint density at radius 2 is 1.17 bits per heavy atom. The summed E-state index contributed by atoms with van der Waals surface area (Å²) in [5.41, 5.74) is 1.90. The van der Waals surface area contributed by atoms with Gasteiger partial charge in [-0.05, 0) is 56.4 Å². The van der Waals surface area contributed by atoms with Crippen molar-refractivity contribution in [2.24, 2.45) is 0 Å². The number of fused-ring (bicyclic) bond motifs is 1. The number of hydrogen-bond acceptors (Lipinski definition) is 6. The van der Waals surface area contributed by atoms with Crippen LogP contribution >= 0.6 is 0 Å². The monoisotopic (exact) mass is 650 g/mol. The fourth-order valence-electron chi connectivity index (χ4n) is 6.27. The largest absolute Gasteiger partial charge is 0.494 e. The molecule has 0 saturated heterocycles. The summed E-state index contributed by atoms with van der Waals surface area (Å²) >= 11 is 0. The molecule has 1 aliphatic heterocycles. The molecule has 0 bridgehead atoms. The molecule has 0 aromatic heterocycles. The molecule has 2 aromatic rings. The molecule has 0 spiro atoms. The highest BCUT2D eigenvalue weighted by Crippen LogP contribution is 2.41. The third-order valence-electron chi connectivity index (χ3n) is 9.05. The Morgan fingerprint density at radius 1 is 0.638 bits per heavy atom. The summed E-state index contributed by atoms with van der Waals surface area (Å²) in [6.07, 6.45) is 23.8. The van der Waals surface area contributed by atoms with E-state index in [2.05, 4.69) is 13.8 Å². The number of aryl methyl sites for hydroxylation is 1. The van der Waals surface area contributed by atoms with Gasteiger partial charge in [-0.25, -0.2) is 0 Å². The van der Waals surface area contributed by atoms with Crippen LogP contribution in [0.1, 0.15) is 173 Å². The van der Waals surface area contributed by atoms with E-state index in [-0.39, 0.29) is 18.0 Å². The number of unbranched alkanes of at least 4 members (excludes halogenated alkanes) is 16. The van der Waals surface area contributed by atoms with Crippen LogP contribution in [0.5, 0.6) is 23.0 Å². The van der Waals surface area contributed by atoms with Gasteiger partial charge < -0.3 is 18.9 Å². The van der Waals surface area contributed by atoms with Gasteiger partial charge in [0.05, 0.1) is 6.61 Å². The molecular weight excluding hydrogens is 588 g/mol. The molecule has 0 amide bonds.